The van der Waals surface area contributed by atoms with Gasteiger partial charge in [-0.05, 0) is 36.7 Å². The van der Waals surface area contributed by atoms with Crippen LogP contribution in [-0.2, 0) is 17.5 Å². The third-order valence-electron chi connectivity index (χ3n) is 4.83. The molecule has 1 aliphatic heterocycles. The number of hydrogen-bond donors (Lipinski definition) is 1. The number of carbonyl (C=O) groups is 1. The summed E-state index contributed by atoms with van der Waals surface area (Å²) in [7, 11) is 1.84. The normalized spacial score (nSPS) is 20.9. The Morgan fingerprint density at radius 3 is 2.58 bits per heavy atom. The maximum absolute atomic E-state index is 12.9. The first-order chi connectivity index (χ1) is 12.3. The SMILES string of the molecule is CN1C[C@H](C(=O)NCc2ccccc2)C[C@H]1c1cccc(C(F)(F)F)c1. The zero-order chi connectivity index (χ0) is 18.7. The molecule has 0 bridgehead atoms. The molecule has 3 rings (SSSR count). The minimum Gasteiger partial charge on any atom is -0.352 e. The minimum atomic E-state index is -4.36. The highest BCUT2D eigenvalue weighted by Crippen LogP contribution is 2.37. The van der Waals surface area contributed by atoms with Gasteiger partial charge in [0.2, 0.25) is 5.91 Å². The summed E-state index contributed by atoms with van der Waals surface area (Å²) < 4.78 is 38.8. The predicted octanol–water partition coefficient (Wildman–Crippen LogP) is 4.01. The Labute approximate surface area is 150 Å². The highest BCUT2D eigenvalue weighted by Gasteiger charge is 2.36. The van der Waals surface area contributed by atoms with Gasteiger partial charge in [0.15, 0.2) is 0 Å². The highest BCUT2D eigenvalue weighted by molar-refractivity contribution is 5.79. The molecule has 0 aromatic heterocycles. The fourth-order valence-corrected chi connectivity index (χ4v) is 3.43. The Hall–Kier alpha value is -2.34. The summed E-state index contributed by atoms with van der Waals surface area (Å²) in [4.78, 5) is 14.4. The zero-order valence-corrected chi connectivity index (χ0v) is 14.5. The van der Waals surface area contributed by atoms with Crippen LogP contribution in [0.5, 0.6) is 0 Å². The number of carbonyl (C=O) groups excluding carboxylic acids is 1. The average Bonchev–Trinajstić information content (AvgIpc) is 3.02. The number of halogens is 3. The van der Waals surface area contributed by atoms with E-state index in [4.69, 9.17) is 0 Å². The number of likely N-dealkylation sites (tertiary alicyclic amines) is 1. The van der Waals surface area contributed by atoms with Crippen LogP contribution in [0.4, 0.5) is 13.2 Å². The summed E-state index contributed by atoms with van der Waals surface area (Å²) in [5.41, 5.74) is 0.961. The zero-order valence-electron chi connectivity index (χ0n) is 14.5. The molecule has 2 aromatic carbocycles. The molecule has 0 aliphatic carbocycles. The van der Waals surface area contributed by atoms with Crippen LogP contribution in [0.2, 0.25) is 0 Å². The second kappa shape index (κ2) is 7.50. The van der Waals surface area contributed by atoms with E-state index in [0.29, 0.717) is 25.1 Å². The molecular formula is C20H21F3N2O. The predicted molar refractivity (Wildman–Crippen MR) is 93.2 cm³/mol. The van der Waals surface area contributed by atoms with Gasteiger partial charge in [0.25, 0.3) is 0 Å². The summed E-state index contributed by atoms with van der Waals surface area (Å²) in [5.74, 6) is -0.293. The monoisotopic (exact) mass is 362 g/mol. The van der Waals surface area contributed by atoms with Crippen LogP contribution in [0.15, 0.2) is 54.6 Å². The van der Waals surface area contributed by atoms with Crippen LogP contribution >= 0.6 is 0 Å². The number of rotatable bonds is 4. The van der Waals surface area contributed by atoms with E-state index in [1.807, 2.05) is 42.3 Å². The molecule has 138 valence electrons. The van der Waals surface area contributed by atoms with E-state index in [-0.39, 0.29) is 17.9 Å². The minimum absolute atomic E-state index is 0.0600. The fraction of sp³-hybridized carbons (Fsp3) is 0.350. The first-order valence-corrected chi connectivity index (χ1v) is 8.53. The molecule has 26 heavy (non-hydrogen) atoms. The van der Waals surface area contributed by atoms with Gasteiger partial charge in [-0.25, -0.2) is 0 Å². The van der Waals surface area contributed by atoms with Gasteiger partial charge in [-0.3, -0.25) is 9.69 Å². The van der Waals surface area contributed by atoms with Crippen molar-refractivity contribution in [1.82, 2.24) is 10.2 Å². The maximum atomic E-state index is 12.9. The molecule has 0 radical (unpaired) electrons. The Kier molecular flexibility index (Phi) is 5.32. The average molecular weight is 362 g/mol. The lowest BCUT2D eigenvalue weighted by atomic mass is 9.97. The van der Waals surface area contributed by atoms with Crippen molar-refractivity contribution in [2.45, 2.75) is 25.2 Å². The van der Waals surface area contributed by atoms with Crippen LogP contribution in [0.25, 0.3) is 0 Å². The van der Waals surface area contributed by atoms with Crippen LogP contribution in [0, 0.1) is 5.92 Å². The van der Waals surface area contributed by atoms with Gasteiger partial charge in [0.05, 0.1) is 11.5 Å². The van der Waals surface area contributed by atoms with Gasteiger partial charge in [-0.15, -0.1) is 0 Å². The number of nitrogens with one attached hydrogen (secondary N) is 1. The number of amides is 1. The van der Waals surface area contributed by atoms with E-state index < -0.39 is 11.7 Å². The lowest BCUT2D eigenvalue weighted by Crippen LogP contribution is -2.31. The van der Waals surface area contributed by atoms with E-state index in [1.165, 1.54) is 12.1 Å². The highest BCUT2D eigenvalue weighted by atomic mass is 19.4. The maximum Gasteiger partial charge on any atom is 0.416 e. The molecular weight excluding hydrogens is 341 g/mol. The van der Waals surface area contributed by atoms with Gasteiger partial charge in [0, 0.05) is 19.1 Å². The quantitative estimate of drug-likeness (QED) is 0.891. The van der Waals surface area contributed by atoms with Crippen molar-refractivity contribution >= 4 is 5.91 Å². The lowest BCUT2D eigenvalue weighted by molar-refractivity contribution is -0.137. The largest absolute Gasteiger partial charge is 0.416 e. The molecule has 1 aliphatic rings. The van der Waals surface area contributed by atoms with Gasteiger partial charge in [-0.1, -0.05) is 42.5 Å². The Morgan fingerprint density at radius 2 is 1.88 bits per heavy atom. The molecule has 1 N–H and O–H groups in total. The molecule has 0 unspecified atom stereocenters. The molecule has 1 fully saturated rings. The second-order valence-corrected chi connectivity index (χ2v) is 6.71. The molecule has 0 spiro atoms. The van der Waals surface area contributed by atoms with Crippen molar-refractivity contribution in [1.29, 1.82) is 0 Å². The van der Waals surface area contributed by atoms with Crippen molar-refractivity contribution in [3.05, 3.63) is 71.3 Å². The van der Waals surface area contributed by atoms with Crippen LogP contribution in [0.1, 0.15) is 29.2 Å². The van der Waals surface area contributed by atoms with E-state index >= 15 is 0 Å². The molecule has 2 atom stereocenters. The molecule has 1 heterocycles. The summed E-state index contributed by atoms with van der Waals surface area (Å²) in [6.45, 7) is 0.982. The second-order valence-electron chi connectivity index (χ2n) is 6.71. The third kappa shape index (κ3) is 4.25. The van der Waals surface area contributed by atoms with Gasteiger partial charge in [0.1, 0.15) is 0 Å². The molecule has 1 amide bonds. The Balaban J connectivity index is 1.65. The van der Waals surface area contributed by atoms with E-state index in [1.54, 1.807) is 6.07 Å². The summed E-state index contributed by atoms with van der Waals surface area (Å²) in [6.07, 6.45) is -3.85. The first-order valence-electron chi connectivity index (χ1n) is 8.53. The van der Waals surface area contributed by atoms with Gasteiger partial charge < -0.3 is 5.32 Å². The summed E-state index contributed by atoms with van der Waals surface area (Å²) in [6, 6.07) is 14.8. The fourth-order valence-electron chi connectivity index (χ4n) is 3.43. The van der Waals surface area contributed by atoms with Crippen LogP contribution < -0.4 is 5.32 Å². The Morgan fingerprint density at radius 1 is 1.15 bits per heavy atom. The van der Waals surface area contributed by atoms with Crippen molar-refractivity contribution in [3.63, 3.8) is 0 Å². The molecule has 6 heteroatoms. The van der Waals surface area contributed by atoms with Crippen molar-refractivity contribution in [2.24, 2.45) is 5.92 Å². The summed E-state index contributed by atoms with van der Waals surface area (Å²) in [5, 5.41) is 2.92. The van der Waals surface area contributed by atoms with E-state index in [0.717, 1.165) is 11.6 Å². The van der Waals surface area contributed by atoms with Gasteiger partial charge >= 0.3 is 6.18 Å². The standard InChI is InChI=1S/C20H21F3N2O/c1-25-13-16(19(26)24-12-14-6-3-2-4-7-14)11-18(25)15-8-5-9-17(10-15)20(21,22)23/h2-10,16,18H,11-13H2,1H3,(H,24,26)/t16-,18+/m1/s1. The van der Waals surface area contributed by atoms with Crippen molar-refractivity contribution in [3.8, 4) is 0 Å². The third-order valence-corrected chi connectivity index (χ3v) is 4.83. The molecule has 3 nitrogen and oxygen atoms in total. The van der Waals surface area contributed by atoms with Crippen LogP contribution in [-0.4, -0.2) is 24.4 Å². The smallest absolute Gasteiger partial charge is 0.352 e. The number of nitrogens with zero attached hydrogens (tertiary/aromatic N) is 1. The van der Waals surface area contributed by atoms with Crippen molar-refractivity contribution < 1.29 is 18.0 Å². The van der Waals surface area contributed by atoms with Gasteiger partial charge in [-0.2, -0.15) is 13.2 Å². The van der Waals surface area contributed by atoms with E-state index in [2.05, 4.69) is 5.32 Å². The van der Waals surface area contributed by atoms with Crippen molar-refractivity contribution in [2.75, 3.05) is 13.6 Å². The lowest BCUT2D eigenvalue weighted by Gasteiger charge is -2.20. The first kappa shape index (κ1) is 18.5. The molecule has 2 aromatic rings. The topological polar surface area (TPSA) is 32.3 Å². The number of alkyl halides is 3. The number of benzene rings is 2. The van der Waals surface area contributed by atoms with Crippen LogP contribution in [0.3, 0.4) is 0 Å². The summed E-state index contributed by atoms with van der Waals surface area (Å²) >= 11 is 0. The number of hydrogen-bond acceptors (Lipinski definition) is 2. The molecule has 1 saturated heterocycles. The Bertz CT molecular complexity index is 761. The molecule has 0 saturated carbocycles. The van der Waals surface area contributed by atoms with E-state index in [9.17, 15) is 18.0 Å².